The first-order valence-corrected chi connectivity index (χ1v) is 5.22. The number of ether oxygens (including phenoxy) is 2. The van der Waals surface area contributed by atoms with Crippen LogP contribution in [-0.4, -0.2) is 29.2 Å². The van der Waals surface area contributed by atoms with Crippen molar-refractivity contribution in [2.24, 2.45) is 0 Å². The first-order chi connectivity index (χ1) is 8.19. The number of aromatic nitrogens is 2. The number of rotatable bonds is 4. The molecule has 1 heterocycles. The minimum Gasteiger partial charge on any atom is -0.482 e. The Hall–Kier alpha value is -1.95. The standard InChI is InChI=1S/C11H13N3O3.ClH/c1-2-16-10(15)6-17-7-3-4-8-9(5-7)14-11(12)13-8;/h3-5H,2,6H2,1H3,(H3,12,13,14);1H. The number of fused-ring (bicyclic) bond motifs is 1. The molecular formula is C11H14ClN3O3. The lowest BCUT2D eigenvalue weighted by Crippen LogP contribution is -2.14. The molecule has 18 heavy (non-hydrogen) atoms. The molecule has 7 heteroatoms. The maximum absolute atomic E-state index is 11.1. The number of imidazole rings is 1. The zero-order valence-corrected chi connectivity index (χ0v) is 10.6. The fourth-order valence-corrected chi connectivity index (χ4v) is 1.44. The van der Waals surface area contributed by atoms with Gasteiger partial charge in [0.1, 0.15) is 5.75 Å². The molecule has 0 fully saturated rings. The van der Waals surface area contributed by atoms with Gasteiger partial charge in [0.2, 0.25) is 0 Å². The third-order valence-corrected chi connectivity index (χ3v) is 2.13. The second-order valence-corrected chi connectivity index (χ2v) is 3.39. The van der Waals surface area contributed by atoms with Crippen LogP contribution in [-0.2, 0) is 9.53 Å². The number of nitrogens with two attached hydrogens (primary N) is 1. The molecule has 98 valence electrons. The van der Waals surface area contributed by atoms with E-state index >= 15 is 0 Å². The van der Waals surface area contributed by atoms with Crippen LogP contribution in [0.5, 0.6) is 5.75 Å². The molecule has 0 amide bonds. The summed E-state index contributed by atoms with van der Waals surface area (Å²) in [5, 5.41) is 0. The molecular weight excluding hydrogens is 258 g/mol. The number of halogens is 1. The molecule has 6 nitrogen and oxygen atoms in total. The largest absolute Gasteiger partial charge is 0.482 e. The summed E-state index contributed by atoms with van der Waals surface area (Å²) < 4.78 is 10.0. The van der Waals surface area contributed by atoms with Crippen LogP contribution in [0.15, 0.2) is 18.2 Å². The van der Waals surface area contributed by atoms with Gasteiger partial charge in [-0.25, -0.2) is 9.78 Å². The van der Waals surface area contributed by atoms with E-state index in [1.54, 1.807) is 25.1 Å². The second-order valence-electron chi connectivity index (χ2n) is 3.39. The molecule has 0 spiro atoms. The molecule has 0 atom stereocenters. The van der Waals surface area contributed by atoms with E-state index in [2.05, 4.69) is 9.97 Å². The van der Waals surface area contributed by atoms with Gasteiger partial charge >= 0.3 is 5.97 Å². The van der Waals surface area contributed by atoms with Crippen LogP contribution in [0, 0.1) is 0 Å². The van der Waals surface area contributed by atoms with Gasteiger partial charge in [0, 0.05) is 6.07 Å². The number of nitrogens with zero attached hydrogens (tertiary/aromatic N) is 1. The van der Waals surface area contributed by atoms with Gasteiger partial charge in [-0.2, -0.15) is 0 Å². The van der Waals surface area contributed by atoms with Crippen LogP contribution in [0.4, 0.5) is 5.95 Å². The summed E-state index contributed by atoms with van der Waals surface area (Å²) in [6.45, 7) is 1.98. The normalized spacial score (nSPS) is 9.83. The first-order valence-electron chi connectivity index (χ1n) is 5.22. The number of carbonyl (C=O) groups is 1. The van der Waals surface area contributed by atoms with Crippen LogP contribution in [0.2, 0.25) is 0 Å². The minimum atomic E-state index is -0.392. The average molecular weight is 272 g/mol. The predicted octanol–water partition coefficient (Wildman–Crippen LogP) is 1.51. The van der Waals surface area contributed by atoms with E-state index in [0.29, 0.717) is 18.3 Å². The van der Waals surface area contributed by atoms with Crippen molar-refractivity contribution in [3.63, 3.8) is 0 Å². The quantitative estimate of drug-likeness (QED) is 0.823. The van der Waals surface area contributed by atoms with E-state index in [-0.39, 0.29) is 19.0 Å². The lowest BCUT2D eigenvalue weighted by molar-refractivity contribution is -0.145. The number of nitrogen functional groups attached to an aromatic ring is 1. The monoisotopic (exact) mass is 271 g/mol. The highest BCUT2D eigenvalue weighted by molar-refractivity contribution is 5.85. The smallest absolute Gasteiger partial charge is 0.344 e. The van der Waals surface area contributed by atoms with Crippen molar-refractivity contribution in [1.82, 2.24) is 9.97 Å². The van der Waals surface area contributed by atoms with Crippen LogP contribution in [0.3, 0.4) is 0 Å². The second kappa shape index (κ2) is 6.11. The third kappa shape index (κ3) is 3.27. The topological polar surface area (TPSA) is 90.2 Å². The van der Waals surface area contributed by atoms with E-state index in [1.807, 2.05) is 0 Å². The summed E-state index contributed by atoms with van der Waals surface area (Å²) in [6, 6.07) is 5.22. The number of esters is 1. The molecule has 1 aromatic carbocycles. The Morgan fingerprint density at radius 2 is 2.28 bits per heavy atom. The molecule has 3 N–H and O–H groups in total. The number of carbonyl (C=O) groups excluding carboxylic acids is 1. The molecule has 0 aliphatic rings. The van der Waals surface area contributed by atoms with Crippen LogP contribution >= 0.6 is 12.4 Å². The summed E-state index contributed by atoms with van der Waals surface area (Å²) in [5.74, 6) is 0.522. The first kappa shape index (κ1) is 14.1. The van der Waals surface area contributed by atoms with Crippen molar-refractivity contribution in [1.29, 1.82) is 0 Å². The highest BCUT2D eigenvalue weighted by Crippen LogP contribution is 2.19. The van der Waals surface area contributed by atoms with Gasteiger partial charge in [-0.3, -0.25) is 0 Å². The Labute approximate surface area is 110 Å². The number of aromatic amines is 1. The van der Waals surface area contributed by atoms with Crippen molar-refractivity contribution < 1.29 is 14.3 Å². The lowest BCUT2D eigenvalue weighted by atomic mass is 10.3. The molecule has 0 aliphatic carbocycles. The van der Waals surface area contributed by atoms with Gasteiger partial charge < -0.3 is 20.2 Å². The highest BCUT2D eigenvalue weighted by Gasteiger charge is 2.05. The number of H-pyrrole nitrogens is 1. The summed E-state index contributed by atoms with van der Waals surface area (Å²) >= 11 is 0. The fourth-order valence-electron chi connectivity index (χ4n) is 1.44. The summed E-state index contributed by atoms with van der Waals surface area (Å²) in [4.78, 5) is 18.0. The van der Waals surface area contributed by atoms with E-state index in [1.165, 1.54) is 0 Å². The summed E-state index contributed by atoms with van der Waals surface area (Å²) in [7, 11) is 0. The van der Waals surface area contributed by atoms with Gasteiger partial charge in [-0.1, -0.05) is 0 Å². The molecule has 0 unspecified atom stereocenters. The molecule has 1 aromatic heterocycles. The van der Waals surface area contributed by atoms with Crippen LogP contribution in [0.1, 0.15) is 6.92 Å². The molecule has 2 rings (SSSR count). The van der Waals surface area contributed by atoms with Crippen molar-refractivity contribution >= 4 is 35.4 Å². The maximum Gasteiger partial charge on any atom is 0.344 e. The Kier molecular flexibility index (Phi) is 4.79. The Balaban J connectivity index is 0.00000162. The van der Waals surface area contributed by atoms with E-state index in [9.17, 15) is 4.79 Å². The Morgan fingerprint density at radius 1 is 1.50 bits per heavy atom. The Bertz CT molecular complexity index is 541. The van der Waals surface area contributed by atoms with E-state index < -0.39 is 5.97 Å². The number of hydrogen-bond donors (Lipinski definition) is 2. The number of nitrogens with one attached hydrogen (secondary N) is 1. The summed E-state index contributed by atoms with van der Waals surface area (Å²) in [6.07, 6.45) is 0. The molecule has 0 saturated heterocycles. The Morgan fingerprint density at radius 3 is 3.00 bits per heavy atom. The minimum absolute atomic E-state index is 0. The van der Waals surface area contributed by atoms with E-state index in [4.69, 9.17) is 15.2 Å². The zero-order valence-electron chi connectivity index (χ0n) is 9.80. The molecule has 0 aliphatic heterocycles. The lowest BCUT2D eigenvalue weighted by Gasteiger charge is -2.05. The van der Waals surface area contributed by atoms with Crippen molar-refractivity contribution in [3.05, 3.63) is 18.2 Å². The van der Waals surface area contributed by atoms with Crippen molar-refractivity contribution in [3.8, 4) is 5.75 Å². The van der Waals surface area contributed by atoms with Gasteiger partial charge in [-0.05, 0) is 19.1 Å². The average Bonchev–Trinajstić information content (AvgIpc) is 2.66. The third-order valence-electron chi connectivity index (χ3n) is 2.13. The zero-order chi connectivity index (χ0) is 12.3. The van der Waals surface area contributed by atoms with Crippen LogP contribution < -0.4 is 10.5 Å². The predicted molar refractivity (Wildman–Crippen MR) is 69.9 cm³/mol. The number of anilines is 1. The SMILES string of the molecule is CCOC(=O)COc1ccc2nc(N)[nH]c2c1.Cl. The van der Waals surface area contributed by atoms with Gasteiger partial charge in [0.25, 0.3) is 0 Å². The van der Waals surface area contributed by atoms with Gasteiger partial charge in [-0.15, -0.1) is 12.4 Å². The van der Waals surface area contributed by atoms with Gasteiger partial charge in [0.05, 0.1) is 17.6 Å². The van der Waals surface area contributed by atoms with Crippen molar-refractivity contribution in [2.75, 3.05) is 18.9 Å². The molecule has 0 radical (unpaired) electrons. The van der Waals surface area contributed by atoms with Gasteiger partial charge in [0.15, 0.2) is 12.6 Å². The number of hydrogen-bond acceptors (Lipinski definition) is 5. The maximum atomic E-state index is 11.1. The van der Waals surface area contributed by atoms with Crippen LogP contribution in [0.25, 0.3) is 11.0 Å². The van der Waals surface area contributed by atoms with E-state index in [0.717, 1.165) is 11.0 Å². The molecule has 0 saturated carbocycles. The molecule has 2 aromatic rings. The highest BCUT2D eigenvalue weighted by atomic mass is 35.5. The number of benzene rings is 1. The van der Waals surface area contributed by atoms with Crippen molar-refractivity contribution in [2.45, 2.75) is 6.92 Å². The molecule has 0 bridgehead atoms. The summed E-state index contributed by atoms with van der Waals surface area (Å²) in [5.41, 5.74) is 7.04. The fraction of sp³-hybridized carbons (Fsp3) is 0.273.